The summed E-state index contributed by atoms with van der Waals surface area (Å²) in [6.45, 7) is 1.50. The van der Waals surface area contributed by atoms with Gasteiger partial charge in [0.15, 0.2) is 0 Å². The molecule has 0 aliphatic carbocycles. The summed E-state index contributed by atoms with van der Waals surface area (Å²) in [7, 11) is -3.71. The van der Waals surface area contributed by atoms with Gasteiger partial charge in [0.1, 0.15) is 17.3 Å². The molecule has 12 heteroatoms. The smallest absolute Gasteiger partial charge is 0.233 e. The van der Waals surface area contributed by atoms with Crippen molar-refractivity contribution in [2.75, 3.05) is 36.8 Å². The van der Waals surface area contributed by atoms with Gasteiger partial charge in [0.2, 0.25) is 16.4 Å². The molecule has 198 valence electrons. The number of hydroxylamine groups is 2. The first-order chi connectivity index (χ1) is 18.4. The van der Waals surface area contributed by atoms with Crippen LogP contribution in [0, 0.1) is 11.8 Å². The lowest BCUT2D eigenvalue weighted by molar-refractivity contribution is -0.158. The highest BCUT2D eigenvalue weighted by molar-refractivity contribution is 7.89. The van der Waals surface area contributed by atoms with Crippen LogP contribution in [0.1, 0.15) is 29.9 Å². The van der Waals surface area contributed by atoms with Gasteiger partial charge in [-0.05, 0) is 49.1 Å². The molecule has 1 saturated heterocycles. The second-order valence-corrected chi connectivity index (χ2v) is 10.7. The van der Waals surface area contributed by atoms with Crippen LogP contribution in [0.2, 0.25) is 0 Å². The van der Waals surface area contributed by atoms with Gasteiger partial charge in [0.25, 0.3) is 0 Å². The zero-order chi connectivity index (χ0) is 26.8. The molecule has 1 fully saturated rings. The number of piperazine rings is 1. The third kappa shape index (κ3) is 7.55. The highest BCUT2D eigenvalue weighted by atomic mass is 32.2. The summed E-state index contributed by atoms with van der Waals surface area (Å²) in [4.78, 5) is 30.2. The number of pyridine rings is 2. The van der Waals surface area contributed by atoms with Crippen molar-refractivity contribution < 1.29 is 18.4 Å². The Morgan fingerprint density at radius 1 is 0.974 bits per heavy atom. The SMILES string of the molecule is O=CN(O)C(CCCc1ncccn1)CS(=O)(=O)N1CCN(c2ccc(C#Cc3ccccn3)cn2)CC1. The topological polar surface area (TPSA) is 133 Å². The Morgan fingerprint density at radius 2 is 1.74 bits per heavy atom. The Labute approximate surface area is 222 Å². The van der Waals surface area contributed by atoms with Crippen molar-refractivity contribution in [2.24, 2.45) is 0 Å². The maximum Gasteiger partial charge on any atom is 0.233 e. The van der Waals surface area contributed by atoms with E-state index in [2.05, 4.69) is 31.8 Å². The Balaban J connectivity index is 1.30. The van der Waals surface area contributed by atoms with Crippen LogP contribution in [0.4, 0.5) is 5.82 Å². The second-order valence-electron chi connectivity index (χ2n) is 8.73. The monoisotopic (exact) mass is 535 g/mol. The Hall–Kier alpha value is -3.92. The fraction of sp³-hybridized carbons (Fsp3) is 0.346. The quantitative estimate of drug-likeness (QED) is 0.177. The number of hydrogen-bond donors (Lipinski definition) is 1. The van der Waals surface area contributed by atoms with Gasteiger partial charge in [-0.1, -0.05) is 12.0 Å². The number of anilines is 1. The van der Waals surface area contributed by atoms with E-state index in [1.54, 1.807) is 30.9 Å². The first kappa shape index (κ1) is 27.1. The average molecular weight is 536 g/mol. The molecule has 1 unspecified atom stereocenters. The standard InChI is InChI=1S/C26H29N7O4S/c34-21-33(35)24(6-3-7-25-28-13-4-14-29-25)20-38(36,37)32-17-15-31(16-18-32)26-11-9-22(19-30-26)8-10-23-5-1-2-12-27-23/h1-2,4-5,9,11-14,19,21,24,35H,3,6-7,15-18,20H2. The summed E-state index contributed by atoms with van der Waals surface area (Å²) in [5.74, 6) is 7.04. The van der Waals surface area contributed by atoms with Crippen LogP contribution in [-0.2, 0) is 21.2 Å². The van der Waals surface area contributed by atoms with Crippen LogP contribution in [0.5, 0.6) is 0 Å². The largest absolute Gasteiger partial charge is 0.354 e. The molecule has 11 nitrogen and oxygen atoms in total. The minimum atomic E-state index is -3.71. The number of sulfonamides is 1. The Morgan fingerprint density at radius 3 is 2.39 bits per heavy atom. The molecule has 1 aliphatic rings. The molecule has 38 heavy (non-hydrogen) atoms. The molecule has 3 aromatic heterocycles. The summed E-state index contributed by atoms with van der Waals surface area (Å²) >= 11 is 0. The predicted octanol–water partition coefficient (Wildman–Crippen LogP) is 1.36. The zero-order valence-corrected chi connectivity index (χ0v) is 21.6. The average Bonchev–Trinajstić information content (AvgIpc) is 2.96. The van der Waals surface area contributed by atoms with Crippen molar-refractivity contribution in [2.45, 2.75) is 25.3 Å². The minimum Gasteiger partial charge on any atom is -0.354 e. The van der Waals surface area contributed by atoms with Gasteiger partial charge >= 0.3 is 0 Å². The first-order valence-electron chi connectivity index (χ1n) is 12.2. The zero-order valence-electron chi connectivity index (χ0n) is 20.8. The Kier molecular flexibility index (Phi) is 9.31. The molecule has 1 amide bonds. The third-order valence-corrected chi connectivity index (χ3v) is 8.10. The number of carbonyl (C=O) groups excluding carboxylic acids is 1. The molecule has 0 spiro atoms. The summed E-state index contributed by atoms with van der Waals surface area (Å²) in [6, 6.07) is 10.1. The number of amides is 1. The summed E-state index contributed by atoms with van der Waals surface area (Å²) in [6.07, 6.45) is 8.23. The highest BCUT2D eigenvalue weighted by Gasteiger charge is 2.31. The normalized spacial score (nSPS) is 14.8. The fourth-order valence-electron chi connectivity index (χ4n) is 4.10. The highest BCUT2D eigenvalue weighted by Crippen LogP contribution is 2.18. The molecule has 0 radical (unpaired) electrons. The number of nitrogens with zero attached hydrogens (tertiary/aromatic N) is 7. The molecule has 1 atom stereocenters. The summed E-state index contributed by atoms with van der Waals surface area (Å²) < 4.78 is 27.6. The van der Waals surface area contributed by atoms with Crippen LogP contribution >= 0.6 is 0 Å². The van der Waals surface area contributed by atoms with E-state index in [0.29, 0.717) is 48.9 Å². The van der Waals surface area contributed by atoms with Crippen LogP contribution in [0.3, 0.4) is 0 Å². The molecule has 0 bridgehead atoms. The molecule has 4 rings (SSSR count). The van der Waals surface area contributed by atoms with Gasteiger partial charge in [-0.15, -0.1) is 0 Å². The van der Waals surface area contributed by atoms with Gasteiger partial charge in [0.05, 0.1) is 11.8 Å². The van der Waals surface area contributed by atoms with Crippen molar-refractivity contribution >= 4 is 22.3 Å². The van der Waals surface area contributed by atoms with E-state index in [9.17, 15) is 18.4 Å². The van der Waals surface area contributed by atoms with Crippen LogP contribution in [0.25, 0.3) is 0 Å². The maximum absolute atomic E-state index is 13.1. The minimum absolute atomic E-state index is 0.243. The van der Waals surface area contributed by atoms with Gasteiger partial charge in [-0.25, -0.2) is 33.4 Å². The summed E-state index contributed by atoms with van der Waals surface area (Å²) in [5.41, 5.74) is 1.44. The first-order valence-corrected chi connectivity index (χ1v) is 13.9. The molecule has 4 heterocycles. The summed E-state index contributed by atoms with van der Waals surface area (Å²) in [5, 5.41) is 10.5. The number of rotatable bonds is 10. The van der Waals surface area contributed by atoms with Gasteiger partial charge in [0, 0.05) is 63.0 Å². The molecule has 1 aliphatic heterocycles. The van der Waals surface area contributed by atoms with Gasteiger partial charge in [-0.3, -0.25) is 10.0 Å². The van der Waals surface area contributed by atoms with E-state index in [1.165, 1.54) is 4.31 Å². The molecular formula is C26H29N7O4S. The van der Waals surface area contributed by atoms with E-state index in [1.807, 2.05) is 35.2 Å². The van der Waals surface area contributed by atoms with Crippen molar-refractivity contribution in [3.8, 4) is 11.8 Å². The van der Waals surface area contributed by atoms with Gasteiger partial charge < -0.3 is 4.90 Å². The fourth-order valence-corrected chi connectivity index (χ4v) is 5.83. The second kappa shape index (κ2) is 13.0. The van der Waals surface area contributed by atoms with E-state index in [-0.39, 0.29) is 25.3 Å². The number of aromatic nitrogens is 4. The number of carbonyl (C=O) groups is 1. The van der Waals surface area contributed by atoms with Crippen LogP contribution in [0.15, 0.2) is 61.2 Å². The number of hydrogen-bond acceptors (Lipinski definition) is 9. The van der Waals surface area contributed by atoms with E-state index in [4.69, 9.17) is 0 Å². The van der Waals surface area contributed by atoms with Gasteiger partial charge in [-0.2, -0.15) is 4.31 Å². The molecule has 1 N–H and O–H groups in total. The lowest BCUT2D eigenvalue weighted by Gasteiger charge is -2.35. The lowest BCUT2D eigenvalue weighted by Crippen LogP contribution is -2.51. The molecule has 3 aromatic rings. The molecule has 0 aromatic carbocycles. The maximum atomic E-state index is 13.1. The third-order valence-electron chi connectivity index (χ3n) is 6.15. The van der Waals surface area contributed by atoms with E-state index in [0.717, 1.165) is 11.4 Å². The van der Waals surface area contributed by atoms with E-state index >= 15 is 0 Å². The van der Waals surface area contributed by atoms with Crippen LogP contribution in [-0.4, -0.2) is 87.3 Å². The molecular weight excluding hydrogens is 506 g/mol. The predicted molar refractivity (Wildman–Crippen MR) is 140 cm³/mol. The van der Waals surface area contributed by atoms with Crippen molar-refractivity contribution in [3.05, 3.63) is 78.3 Å². The Bertz CT molecular complexity index is 1340. The van der Waals surface area contributed by atoms with Crippen LogP contribution < -0.4 is 4.90 Å². The molecule has 0 saturated carbocycles. The number of aryl methyl sites for hydroxylation is 1. The van der Waals surface area contributed by atoms with E-state index < -0.39 is 16.1 Å². The van der Waals surface area contributed by atoms with Crippen molar-refractivity contribution in [3.63, 3.8) is 0 Å². The van der Waals surface area contributed by atoms with Crippen molar-refractivity contribution in [1.82, 2.24) is 29.3 Å². The van der Waals surface area contributed by atoms with Crippen molar-refractivity contribution in [1.29, 1.82) is 0 Å². The lowest BCUT2D eigenvalue weighted by atomic mass is 10.1.